The Bertz CT molecular complexity index is 884. The number of amides is 1. The number of nitrogen functional groups attached to an aromatic ring is 1. The van der Waals surface area contributed by atoms with Crippen LogP contribution in [0, 0.1) is 0 Å². The number of quaternary nitrogens is 1. The number of nitrogens with zero attached hydrogens (tertiary/aromatic N) is 2. The first kappa shape index (κ1) is 22.4. The molecule has 3 rings (SSSR count). The molecule has 1 heterocycles. The van der Waals surface area contributed by atoms with Gasteiger partial charge in [0.1, 0.15) is 5.69 Å². The van der Waals surface area contributed by atoms with Crippen LogP contribution in [0.25, 0.3) is 0 Å². The molecule has 6 N–H and O–H groups in total. The molecule has 1 atom stereocenters. The number of aliphatic carboxylic acids is 1. The van der Waals surface area contributed by atoms with Crippen molar-refractivity contribution < 1.29 is 20.4 Å². The molecule has 2 aromatic carbocycles. The van der Waals surface area contributed by atoms with Gasteiger partial charge in [-0.2, -0.15) is 17.7 Å². The molecule has 0 aliphatic carbocycles. The average molecular weight is 416 g/mol. The third-order valence-electron chi connectivity index (χ3n) is 4.53. The molecule has 1 aliphatic rings. The van der Waals surface area contributed by atoms with Gasteiger partial charge in [-0.25, -0.2) is 5.01 Å². The summed E-state index contributed by atoms with van der Waals surface area (Å²) in [4.78, 5) is 23.4. The first-order valence-corrected chi connectivity index (χ1v) is 10.2. The lowest BCUT2D eigenvalue weighted by Gasteiger charge is -2.22. The number of rotatable bonds is 6. The van der Waals surface area contributed by atoms with Crippen LogP contribution < -0.4 is 11.5 Å². The summed E-state index contributed by atoms with van der Waals surface area (Å²) in [6.45, 7) is 0. The number of carbonyl (C=O) groups is 2. The Balaban J connectivity index is 0.00000145. The molecule has 1 unspecified atom stereocenters. The van der Waals surface area contributed by atoms with Crippen LogP contribution in [0.4, 0.5) is 11.4 Å². The number of carboxylic acid groups (broad SMARTS) is 1. The molecule has 1 aliphatic heterocycles. The molecule has 29 heavy (non-hydrogen) atoms. The Labute approximate surface area is 175 Å². The van der Waals surface area contributed by atoms with Crippen molar-refractivity contribution >= 4 is 41.6 Å². The summed E-state index contributed by atoms with van der Waals surface area (Å²) in [6.07, 6.45) is 2.68. The fourth-order valence-electron chi connectivity index (χ4n) is 3.16. The fourth-order valence-corrected chi connectivity index (χ4v) is 3.16. The maximum Gasteiger partial charge on any atom is 0.303 e. The summed E-state index contributed by atoms with van der Waals surface area (Å²) in [7, 11) is 0. The van der Waals surface area contributed by atoms with Crippen LogP contribution in [0.5, 0.6) is 0 Å². The van der Waals surface area contributed by atoms with Crippen LogP contribution >= 0.6 is 12.6 Å². The molecule has 8 heteroatoms. The summed E-state index contributed by atoms with van der Waals surface area (Å²) in [5.41, 5.74) is 13.9. The molecular formula is C21H27N4O3S+. The number of anilines is 1. The second kappa shape index (κ2) is 10.6. The highest BCUT2D eigenvalue weighted by atomic mass is 32.1. The van der Waals surface area contributed by atoms with Gasteiger partial charge in [0, 0.05) is 31.0 Å². The van der Waals surface area contributed by atoms with E-state index in [9.17, 15) is 9.59 Å². The van der Waals surface area contributed by atoms with Crippen molar-refractivity contribution in [3.05, 3.63) is 59.7 Å². The van der Waals surface area contributed by atoms with Gasteiger partial charge < -0.3 is 16.6 Å². The normalized spacial score (nSPS) is 15.3. The van der Waals surface area contributed by atoms with E-state index in [4.69, 9.17) is 10.8 Å². The minimum atomic E-state index is -0.906. The second-order valence-corrected chi connectivity index (χ2v) is 6.62. The maximum atomic E-state index is 12.7. The zero-order valence-corrected chi connectivity index (χ0v) is 17.3. The molecule has 7 nitrogen and oxygen atoms in total. The lowest BCUT2D eigenvalue weighted by Crippen LogP contribution is -2.40. The number of benzene rings is 2. The molecule has 0 bridgehead atoms. The number of hydrazone groups is 1. The van der Waals surface area contributed by atoms with Gasteiger partial charge in [0.15, 0.2) is 0 Å². The van der Waals surface area contributed by atoms with Crippen molar-refractivity contribution in [1.82, 2.24) is 5.01 Å². The molecule has 0 radical (unpaired) electrons. The number of nitrogens with two attached hydrogens (primary N) is 1. The van der Waals surface area contributed by atoms with Crippen molar-refractivity contribution in [2.75, 3.05) is 12.0 Å². The predicted octanol–water partition coefficient (Wildman–Crippen LogP) is 2.62. The lowest BCUT2D eigenvalue weighted by atomic mass is 9.97. The van der Waals surface area contributed by atoms with E-state index < -0.39 is 5.97 Å². The van der Waals surface area contributed by atoms with Gasteiger partial charge in [0.05, 0.1) is 11.8 Å². The molecule has 1 amide bonds. The van der Waals surface area contributed by atoms with Crippen LogP contribution in [-0.4, -0.2) is 34.0 Å². The summed E-state index contributed by atoms with van der Waals surface area (Å²) in [5.74, 6) is -1.09. The molecule has 0 aromatic heterocycles. The van der Waals surface area contributed by atoms with Crippen LogP contribution in [0.2, 0.25) is 0 Å². The number of carbonyl (C=O) groups excluding carboxylic acids is 1. The second-order valence-electron chi connectivity index (χ2n) is 6.62. The van der Waals surface area contributed by atoms with Gasteiger partial charge in [-0.05, 0) is 42.0 Å². The van der Waals surface area contributed by atoms with Crippen LogP contribution in [-0.2, 0) is 9.59 Å². The minimum absolute atomic E-state index is 0.0346. The lowest BCUT2D eigenvalue weighted by molar-refractivity contribution is -0.254. The highest BCUT2D eigenvalue weighted by molar-refractivity contribution is 7.79. The van der Waals surface area contributed by atoms with Crippen molar-refractivity contribution in [3.63, 3.8) is 0 Å². The van der Waals surface area contributed by atoms with Gasteiger partial charge in [0.25, 0.3) is 0 Å². The Kier molecular flexibility index (Phi) is 8.23. The van der Waals surface area contributed by atoms with Crippen LogP contribution in [0.1, 0.15) is 42.9 Å². The van der Waals surface area contributed by atoms with E-state index in [-0.39, 0.29) is 24.8 Å². The van der Waals surface area contributed by atoms with Gasteiger partial charge in [0.2, 0.25) is 5.91 Å². The van der Waals surface area contributed by atoms with Crippen molar-refractivity contribution in [2.45, 2.75) is 31.7 Å². The molecule has 0 spiro atoms. The molecular weight excluding hydrogens is 388 g/mol. The topological polar surface area (TPSA) is 124 Å². The largest absolute Gasteiger partial charge is 0.481 e. The Morgan fingerprint density at radius 2 is 1.90 bits per heavy atom. The maximum absolute atomic E-state index is 12.7. The van der Waals surface area contributed by atoms with Gasteiger partial charge >= 0.3 is 5.97 Å². The zero-order valence-electron chi connectivity index (χ0n) is 16.4. The molecule has 154 valence electrons. The Morgan fingerprint density at radius 1 is 1.21 bits per heavy atom. The number of hydrogen-bond donors (Lipinski definition) is 4. The molecule has 0 saturated heterocycles. The zero-order chi connectivity index (χ0) is 21.4. The van der Waals surface area contributed by atoms with E-state index in [0.29, 0.717) is 18.5 Å². The first-order chi connectivity index (χ1) is 13.9. The van der Waals surface area contributed by atoms with Gasteiger partial charge in [-0.3, -0.25) is 9.59 Å². The minimum Gasteiger partial charge on any atom is -0.481 e. The molecule has 0 saturated carbocycles. The van der Waals surface area contributed by atoms with E-state index in [1.54, 1.807) is 18.4 Å². The molecule has 0 fully saturated rings. The van der Waals surface area contributed by atoms with Crippen molar-refractivity contribution in [3.8, 4) is 0 Å². The monoisotopic (exact) mass is 415 g/mol. The van der Waals surface area contributed by atoms with Crippen molar-refractivity contribution in [1.29, 1.82) is 0 Å². The van der Waals surface area contributed by atoms with E-state index in [1.165, 1.54) is 5.01 Å². The van der Waals surface area contributed by atoms with E-state index in [0.717, 1.165) is 22.5 Å². The number of thiol groups is 1. The SMILES string of the molecule is CS.Nc1ccc(C2=NN(C(=O)CCCC(=O)O)C(c3cccc([NH3+])c3)C2)cc1. The predicted molar refractivity (Wildman–Crippen MR) is 117 cm³/mol. The first-order valence-electron chi connectivity index (χ1n) is 9.28. The van der Waals surface area contributed by atoms with E-state index in [1.807, 2.05) is 36.4 Å². The smallest absolute Gasteiger partial charge is 0.303 e. The summed E-state index contributed by atoms with van der Waals surface area (Å²) >= 11 is 3.53. The Morgan fingerprint density at radius 3 is 2.52 bits per heavy atom. The standard InChI is InChI=1S/C20H22N4O3.CH4S/c21-15-9-7-13(8-10-15)17-12-18(14-3-1-4-16(22)11-14)24(23-17)19(25)5-2-6-20(26)27;1-2/h1,3-4,7-11,18H,2,5-6,12,21-22H2,(H,26,27);2H,1H3/p+1. The third kappa shape index (κ3) is 6.07. The van der Waals surface area contributed by atoms with Crippen LogP contribution in [0.3, 0.4) is 0 Å². The summed E-state index contributed by atoms with van der Waals surface area (Å²) in [6, 6.07) is 14.9. The summed E-state index contributed by atoms with van der Waals surface area (Å²) < 4.78 is 0. The van der Waals surface area contributed by atoms with Crippen molar-refractivity contribution in [2.24, 2.45) is 5.10 Å². The number of carboxylic acids is 1. The average Bonchev–Trinajstić information content (AvgIpc) is 3.15. The van der Waals surface area contributed by atoms with E-state index in [2.05, 4.69) is 23.5 Å². The van der Waals surface area contributed by atoms with Gasteiger partial charge in [-0.15, -0.1) is 0 Å². The fraction of sp³-hybridized carbons (Fsp3) is 0.286. The number of hydrogen-bond acceptors (Lipinski definition) is 5. The third-order valence-corrected chi connectivity index (χ3v) is 4.53. The molecule has 2 aromatic rings. The van der Waals surface area contributed by atoms with Gasteiger partial charge in [-0.1, -0.05) is 24.3 Å². The van der Waals surface area contributed by atoms with E-state index >= 15 is 0 Å². The highest BCUT2D eigenvalue weighted by Gasteiger charge is 2.33. The highest BCUT2D eigenvalue weighted by Crippen LogP contribution is 2.34. The Hall–Kier alpha value is -2.84. The summed E-state index contributed by atoms with van der Waals surface area (Å²) in [5, 5.41) is 14.8. The van der Waals surface area contributed by atoms with Crippen LogP contribution in [0.15, 0.2) is 53.6 Å². The quantitative estimate of drug-likeness (QED) is 0.428.